The summed E-state index contributed by atoms with van der Waals surface area (Å²) in [5, 5.41) is 9.44. The molecule has 1 aromatic carbocycles. The van der Waals surface area contributed by atoms with Crippen molar-refractivity contribution in [2.24, 2.45) is 0 Å². The summed E-state index contributed by atoms with van der Waals surface area (Å²) in [5.74, 6) is 1.54. The van der Waals surface area contributed by atoms with Crippen LogP contribution in [0.4, 0.5) is 0 Å². The molecule has 0 aliphatic heterocycles. The van der Waals surface area contributed by atoms with E-state index in [1.54, 1.807) is 7.11 Å². The van der Waals surface area contributed by atoms with Crippen LogP contribution in [0.25, 0.3) is 0 Å². The van der Waals surface area contributed by atoms with Crippen molar-refractivity contribution in [2.75, 3.05) is 13.7 Å². The average molecular weight is 329 g/mol. The summed E-state index contributed by atoms with van der Waals surface area (Å²) in [6.07, 6.45) is 4.93. The van der Waals surface area contributed by atoms with Gasteiger partial charge in [-0.1, -0.05) is 22.9 Å². The van der Waals surface area contributed by atoms with Crippen LogP contribution in [0.5, 0.6) is 11.5 Å². The average Bonchev–Trinajstić information content (AvgIpc) is 2.91. The lowest BCUT2D eigenvalue weighted by atomic mass is 10.0. The second-order valence-electron chi connectivity index (χ2n) is 5.10. The van der Waals surface area contributed by atoms with E-state index in [0.29, 0.717) is 0 Å². The molecule has 1 unspecified atom stereocenters. The molecule has 4 heteroatoms. The van der Waals surface area contributed by atoms with Gasteiger partial charge in [0, 0.05) is 22.6 Å². The van der Waals surface area contributed by atoms with Crippen molar-refractivity contribution in [3.05, 3.63) is 22.2 Å². The largest absolute Gasteiger partial charge is 0.493 e. The predicted octanol–water partition coefficient (Wildman–Crippen LogP) is 3.87. The fourth-order valence-corrected chi connectivity index (χ4v) is 3.26. The van der Waals surface area contributed by atoms with Crippen LogP contribution < -0.4 is 9.47 Å². The van der Waals surface area contributed by atoms with Crippen molar-refractivity contribution < 1.29 is 14.6 Å². The van der Waals surface area contributed by atoms with Crippen LogP contribution in [0.3, 0.4) is 0 Å². The van der Waals surface area contributed by atoms with E-state index < -0.39 is 0 Å². The van der Waals surface area contributed by atoms with Gasteiger partial charge in [-0.25, -0.2) is 0 Å². The lowest BCUT2D eigenvalue weighted by Crippen LogP contribution is -2.14. The summed E-state index contributed by atoms with van der Waals surface area (Å²) < 4.78 is 12.5. The number of hydrogen-bond acceptors (Lipinski definition) is 3. The van der Waals surface area contributed by atoms with Crippen molar-refractivity contribution in [1.29, 1.82) is 0 Å². The third-order valence-electron chi connectivity index (χ3n) is 3.68. The molecule has 1 aromatic rings. The highest BCUT2D eigenvalue weighted by Gasteiger charge is 2.24. The molecule has 0 spiro atoms. The minimum atomic E-state index is 0.0147. The van der Waals surface area contributed by atoms with E-state index in [4.69, 9.17) is 9.47 Å². The quantitative estimate of drug-likeness (QED) is 0.891. The normalized spacial score (nSPS) is 17.5. The van der Waals surface area contributed by atoms with Crippen LogP contribution in [0.1, 0.15) is 44.1 Å². The lowest BCUT2D eigenvalue weighted by Gasteiger charge is -2.22. The molecule has 0 bridgehead atoms. The fourth-order valence-electron chi connectivity index (χ4n) is 2.56. The molecule has 19 heavy (non-hydrogen) atoms. The Hall–Kier alpha value is -0.740. The van der Waals surface area contributed by atoms with E-state index in [-0.39, 0.29) is 18.6 Å². The van der Waals surface area contributed by atoms with E-state index >= 15 is 0 Å². The third-order valence-corrected chi connectivity index (χ3v) is 4.37. The molecule has 1 N–H and O–H groups in total. The van der Waals surface area contributed by atoms with Crippen LogP contribution in [0, 0.1) is 0 Å². The maximum atomic E-state index is 9.44. The molecule has 0 amide bonds. The van der Waals surface area contributed by atoms with Crippen LogP contribution >= 0.6 is 15.9 Å². The zero-order valence-electron chi connectivity index (χ0n) is 11.5. The second-order valence-corrected chi connectivity index (χ2v) is 5.95. The lowest BCUT2D eigenvalue weighted by molar-refractivity contribution is 0.194. The summed E-state index contributed by atoms with van der Waals surface area (Å²) in [6, 6.07) is 3.85. The van der Waals surface area contributed by atoms with Crippen LogP contribution in [0.15, 0.2) is 16.6 Å². The summed E-state index contributed by atoms with van der Waals surface area (Å²) in [5.41, 5.74) is 0.994. The van der Waals surface area contributed by atoms with Gasteiger partial charge in [-0.05, 0) is 37.8 Å². The molecule has 0 heterocycles. The predicted molar refractivity (Wildman–Crippen MR) is 79.1 cm³/mol. The number of methoxy groups -OCH3 is 1. The number of aliphatic hydroxyl groups excluding tert-OH is 1. The summed E-state index contributed by atoms with van der Waals surface area (Å²) in [7, 11) is 1.65. The zero-order chi connectivity index (χ0) is 13.8. The van der Waals surface area contributed by atoms with Crippen LogP contribution in [-0.4, -0.2) is 24.9 Å². The minimum Gasteiger partial charge on any atom is -0.493 e. The number of ether oxygens (including phenoxy) is 2. The Bertz CT molecular complexity index is 428. The standard InChI is InChI=1S/C15H21BrO3/c1-10(9-17)14-12(16)7-8-13(18-2)15(14)19-11-5-3-4-6-11/h7-8,10-11,17H,3-6,9H2,1-2H3. The van der Waals surface area contributed by atoms with Gasteiger partial charge in [-0.2, -0.15) is 0 Å². The van der Waals surface area contributed by atoms with Gasteiger partial charge >= 0.3 is 0 Å². The van der Waals surface area contributed by atoms with Gasteiger partial charge in [0.25, 0.3) is 0 Å². The van der Waals surface area contributed by atoms with Gasteiger partial charge < -0.3 is 14.6 Å². The Labute approximate surface area is 123 Å². The molecular formula is C15H21BrO3. The van der Waals surface area contributed by atoms with Gasteiger partial charge in [0.15, 0.2) is 11.5 Å². The highest BCUT2D eigenvalue weighted by atomic mass is 79.9. The van der Waals surface area contributed by atoms with Gasteiger partial charge in [0.2, 0.25) is 0 Å². The molecule has 1 atom stereocenters. The maximum Gasteiger partial charge on any atom is 0.166 e. The van der Waals surface area contributed by atoms with Crippen molar-refractivity contribution in [3.63, 3.8) is 0 Å². The first-order chi connectivity index (χ1) is 9.17. The molecule has 2 rings (SSSR count). The van der Waals surface area contributed by atoms with Crippen molar-refractivity contribution in [1.82, 2.24) is 0 Å². The molecule has 0 aromatic heterocycles. The summed E-state index contributed by atoms with van der Waals surface area (Å²) in [4.78, 5) is 0. The monoisotopic (exact) mass is 328 g/mol. The molecule has 1 aliphatic rings. The molecular weight excluding hydrogens is 308 g/mol. The van der Waals surface area contributed by atoms with Crippen molar-refractivity contribution >= 4 is 15.9 Å². The smallest absolute Gasteiger partial charge is 0.166 e. The van der Waals surface area contributed by atoms with E-state index in [0.717, 1.165) is 34.4 Å². The zero-order valence-corrected chi connectivity index (χ0v) is 13.1. The third kappa shape index (κ3) is 3.23. The van der Waals surface area contributed by atoms with Crippen LogP contribution in [0.2, 0.25) is 0 Å². The Kier molecular flexibility index (Phi) is 5.11. The van der Waals surface area contributed by atoms with E-state index in [2.05, 4.69) is 15.9 Å². The number of benzene rings is 1. The summed E-state index contributed by atoms with van der Waals surface area (Å²) >= 11 is 3.55. The van der Waals surface area contributed by atoms with Gasteiger partial charge in [0.1, 0.15) is 0 Å². The first-order valence-electron chi connectivity index (χ1n) is 6.81. The van der Waals surface area contributed by atoms with Crippen LogP contribution in [-0.2, 0) is 0 Å². The van der Waals surface area contributed by atoms with Gasteiger partial charge in [-0.3, -0.25) is 0 Å². The molecule has 3 nitrogen and oxygen atoms in total. The first kappa shape index (κ1) is 14.7. The fraction of sp³-hybridized carbons (Fsp3) is 0.600. The number of hydrogen-bond donors (Lipinski definition) is 1. The van der Waals surface area contributed by atoms with Gasteiger partial charge in [0.05, 0.1) is 13.2 Å². The van der Waals surface area contributed by atoms with E-state index in [1.165, 1.54) is 12.8 Å². The number of rotatable bonds is 5. The highest BCUT2D eigenvalue weighted by molar-refractivity contribution is 9.10. The summed E-state index contributed by atoms with van der Waals surface area (Å²) in [6.45, 7) is 2.08. The molecule has 1 saturated carbocycles. The second kappa shape index (κ2) is 6.62. The number of halogens is 1. The first-order valence-corrected chi connectivity index (χ1v) is 7.60. The number of aliphatic hydroxyl groups is 1. The van der Waals surface area contributed by atoms with Crippen molar-refractivity contribution in [3.8, 4) is 11.5 Å². The minimum absolute atomic E-state index is 0.0147. The van der Waals surface area contributed by atoms with Gasteiger partial charge in [-0.15, -0.1) is 0 Å². The molecule has 0 saturated heterocycles. The van der Waals surface area contributed by atoms with E-state index in [1.807, 2.05) is 19.1 Å². The van der Waals surface area contributed by atoms with E-state index in [9.17, 15) is 5.11 Å². The molecule has 1 fully saturated rings. The Morgan fingerprint density at radius 2 is 2.05 bits per heavy atom. The Morgan fingerprint density at radius 3 is 2.63 bits per heavy atom. The molecule has 106 valence electrons. The molecule has 0 radical (unpaired) electrons. The Balaban J connectivity index is 2.37. The Morgan fingerprint density at radius 1 is 1.37 bits per heavy atom. The topological polar surface area (TPSA) is 38.7 Å². The SMILES string of the molecule is COc1ccc(Br)c(C(C)CO)c1OC1CCCC1. The highest BCUT2D eigenvalue weighted by Crippen LogP contribution is 2.42. The van der Waals surface area contributed by atoms with Crippen molar-refractivity contribution in [2.45, 2.75) is 44.6 Å². The maximum absolute atomic E-state index is 9.44. The molecule has 1 aliphatic carbocycles.